The highest BCUT2D eigenvalue weighted by Crippen LogP contribution is 2.31. The molecule has 134 valence electrons. The minimum absolute atomic E-state index is 0.152. The van der Waals surface area contributed by atoms with Gasteiger partial charge in [0.2, 0.25) is 0 Å². The van der Waals surface area contributed by atoms with E-state index in [1.807, 2.05) is 30.3 Å². The van der Waals surface area contributed by atoms with Crippen LogP contribution in [0.25, 0.3) is 21.3 Å². The monoisotopic (exact) mass is 377 g/mol. The van der Waals surface area contributed by atoms with Gasteiger partial charge in [-0.3, -0.25) is 0 Å². The topological polar surface area (TPSA) is 114 Å². The van der Waals surface area contributed by atoms with Crippen LogP contribution in [0.15, 0.2) is 55.0 Å². The summed E-state index contributed by atoms with van der Waals surface area (Å²) in [5.41, 5.74) is 7.94. The number of carboxylic acid groups (broad SMARTS) is 1. The molecule has 3 heterocycles. The number of carboxylic acids is 1. The summed E-state index contributed by atoms with van der Waals surface area (Å²) in [4.78, 5) is 25.8. The number of thiophene rings is 1. The Labute approximate surface area is 158 Å². The second-order valence-corrected chi connectivity index (χ2v) is 6.98. The molecule has 1 aromatic carbocycles. The zero-order valence-electron chi connectivity index (χ0n) is 14.1. The second-order valence-electron chi connectivity index (χ2n) is 5.82. The zero-order valence-corrected chi connectivity index (χ0v) is 14.9. The molecule has 3 aromatic heterocycles. The molecule has 4 rings (SSSR count). The largest absolute Gasteiger partial charge is 0.478 e. The minimum atomic E-state index is -1.01. The molecule has 0 unspecified atom stereocenters. The number of benzene rings is 1. The van der Waals surface area contributed by atoms with E-state index in [-0.39, 0.29) is 5.56 Å². The number of carbonyl (C=O) groups is 1. The summed E-state index contributed by atoms with van der Waals surface area (Å²) >= 11 is 1.61. The molecule has 0 aliphatic rings. The van der Waals surface area contributed by atoms with Gasteiger partial charge in [-0.2, -0.15) is 0 Å². The molecule has 4 aromatic rings. The van der Waals surface area contributed by atoms with Crippen molar-refractivity contribution in [2.24, 2.45) is 0 Å². The lowest BCUT2D eigenvalue weighted by Gasteiger charge is -2.06. The third kappa shape index (κ3) is 3.42. The number of aromatic nitrogens is 3. The van der Waals surface area contributed by atoms with E-state index in [1.54, 1.807) is 23.6 Å². The lowest BCUT2D eigenvalue weighted by Crippen LogP contribution is -2.07. The number of aromatic carboxylic acids is 1. The molecular formula is C19H15N5O2S. The molecule has 0 saturated heterocycles. The number of anilines is 2. The number of fused-ring (bicyclic) bond motifs is 1. The third-order valence-electron chi connectivity index (χ3n) is 4.08. The molecule has 4 N–H and O–H groups in total. The van der Waals surface area contributed by atoms with E-state index < -0.39 is 5.97 Å². The molecule has 0 aliphatic heterocycles. The van der Waals surface area contributed by atoms with Gasteiger partial charge in [-0.05, 0) is 42.0 Å². The fraction of sp³-hybridized carbons (Fsp3) is 0.0526. The number of rotatable bonds is 5. The van der Waals surface area contributed by atoms with Crippen LogP contribution in [-0.2, 0) is 6.54 Å². The van der Waals surface area contributed by atoms with Crippen molar-refractivity contribution >= 4 is 39.8 Å². The average Bonchev–Trinajstić information content (AvgIpc) is 3.16. The van der Waals surface area contributed by atoms with Crippen LogP contribution in [0.3, 0.4) is 0 Å². The van der Waals surface area contributed by atoms with Gasteiger partial charge in [0.25, 0.3) is 0 Å². The number of nitrogens with zero attached hydrogens (tertiary/aromatic N) is 3. The molecule has 0 bridgehead atoms. The third-order valence-corrected chi connectivity index (χ3v) is 5.21. The lowest BCUT2D eigenvalue weighted by atomic mass is 10.1. The molecule has 0 saturated carbocycles. The predicted octanol–water partition coefficient (Wildman–Crippen LogP) is 3.65. The Balaban J connectivity index is 1.56. The highest BCUT2D eigenvalue weighted by Gasteiger charge is 2.11. The van der Waals surface area contributed by atoms with Gasteiger partial charge in [0.15, 0.2) is 0 Å². The Morgan fingerprint density at radius 2 is 2.04 bits per heavy atom. The fourth-order valence-electron chi connectivity index (χ4n) is 2.75. The van der Waals surface area contributed by atoms with Crippen molar-refractivity contribution in [3.8, 4) is 10.4 Å². The van der Waals surface area contributed by atoms with Crippen LogP contribution in [0, 0.1) is 0 Å². The maximum Gasteiger partial charge on any atom is 0.339 e. The van der Waals surface area contributed by atoms with E-state index in [0.717, 1.165) is 26.2 Å². The first kappa shape index (κ1) is 16.9. The molecule has 0 atom stereocenters. The molecule has 0 radical (unpaired) electrons. The van der Waals surface area contributed by atoms with Crippen molar-refractivity contribution < 1.29 is 9.90 Å². The molecule has 27 heavy (non-hydrogen) atoms. The van der Waals surface area contributed by atoms with E-state index >= 15 is 0 Å². The lowest BCUT2D eigenvalue weighted by molar-refractivity contribution is 0.0697. The number of hydrogen-bond acceptors (Lipinski definition) is 7. The van der Waals surface area contributed by atoms with Gasteiger partial charge in [0.1, 0.15) is 23.5 Å². The summed E-state index contributed by atoms with van der Waals surface area (Å²) in [7, 11) is 0. The van der Waals surface area contributed by atoms with Crippen molar-refractivity contribution in [1.29, 1.82) is 0 Å². The SMILES string of the molecule is Nc1ncnc2ccc(-c3ccc(CNc4ncccc4C(=O)O)s3)cc12. The first-order valence-corrected chi connectivity index (χ1v) is 8.95. The Morgan fingerprint density at radius 1 is 1.15 bits per heavy atom. The molecular weight excluding hydrogens is 362 g/mol. The molecule has 0 spiro atoms. The van der Waals surface area contributed by atoms with Crippen LogP contribution in [0.4, 0.5) is 11.6 Å². The summed E-state index contributed by atoms with van der Waals surface area (Å²) in [6.07, 6.45) is 3.02. The van der Waals surface area contributed by atoms with Crippen LogP contribution in [-0.4, -0.2) is 26.0 Å². The predicted molar refractivity (Wildman–Crippen MR) is 106 cm³/mol. The minimum Gasteiger partial charge on any atom is -0.478 e. The maximum absolute atomic E-state index is 11.3. The Bertz CT molecular complexity index is 1140. The van der Waals surface area contributed by atoms with Crippen molar-refractivity contribution in [2.45, 2.75) is 6.54 Å². The molecule has 7 nitrogen and oxygen atoms in total. The highest BCUT2D eigenvalue weighted by molar-refractivity contribution is 7.15. The van der Waals surface area contributed by atoms with E-state index in [1.165, 1.54) is 12.4 Å². The summed E-state index contributed by atoms with van der Waals surface area (Å²) in [5.74, 6) is -0.194. The Morgan fingerprint density at radius 3 is 2.89 bits per heavy atom. The molecule has 0 amide bonds. The normalized spacial score (nSPS) is 10.8. The van der Waals surface area contributed by atoms with Gasteiger partial charge in [-0.15, -0.1) is 11.3 Å². The highest BCUT2D eigenvalue weighted by atomic mass is 32.1. The summed E-state index contributed by atoms with van der Waals surface area (Å²) in [6.45, 7) is 0.487. The van der Waals surface area contributed by atoms with Crippen molar-refractivity contribution in [3.05, 3.63) is 65.4 Å². The molecule has 0 fully saturated rings. The van der Waals surface area contributed by atoms with Gasteiger partial charge in [-0.25, -0.2) is 19.7 Å². The van der Waals surface area contributed by atoms with Crippen LogP contribution in [0.1, 0.15) is 15.2 Å². The fourth-order valence-corrected chi connectivity index (χ4v) is 3.69. The van der Waals surface area contributed by atoms with Crippen LogP contribution in [0.2, 0.25) is 0 Å². The first-order valence-electron chi connectivity index (χ1n) is 8.13. The number of hydrogen-bond donors (Lipinski definition) is 3. The van der Waals surface area contributed by atoms with E-state index in [4.69, 9.17) is 5.73 Å². The molecule has 8 heteroatoms. The van der Waals surface area contributed by atoms with Gasteiger partial charge in [0.05, 0.1) is 12.1 Å². The summed E-state index contributed by atoms with van der Waals surface area (Å²) < 4.78 is 0. The van der Waals surface area contributed by atoms with Gasteiger partial charge in [0, 0.05) is 21.3 Å². The Kier molecular flexibility index (Phi) is 4.39. The maximum atomic E-state index is 11.3. The van der Waals surface area contributed by atoms with Crippen LogP contribution >= 0.6 is 11.3 Å². The van der Waals surface area contributed by atoms with Crippen molar-refractivity contribution in [3.63, 3.8) is 0 Å². The number of nitrogens with one attached hydrogen (secondary N) is 1. The van der Waals surface area contributed by atoms with Gasteiger partial charge in [-0.1, -0.05) is 6.07 Å². The van der Waals surface area contributed by atoms with E-state index in [9.17, 15) is 9.90 Å². The molecule has 0 aliphatic carbocycles. The van der Waals surface area contributed by atoms with E-state index in [2.05, 4.69) is 20.3 Å². The number of nitrogens with two attached hydrogens (primary N) is 1. The van der Waals surface area contributed by atoms with Gasteiger partial charge >= 0.3 is 5.97 Å². The van der Waals surface area contributed by atoms with E-state index in [0.29, 0.717) is 18.2 Å². The standard InChI is InChI=1S/C19H15N5O2S/c20-17-14-8-11(3-5-15(14)23-10-24-17)16-6-4-12(27-16)9-22-18-13(19(25)26)2-1-7-21-18/h1-8,10H,9H2,(H,21,22)(H,25,26)(H2,20,23,24). The zero-order chi connectivity index (χ0) is 18.8. The summed E-state index contributed by atoms with van der Waals surface area (Å²) in [5, 5.41) is 13.1. The van der Waals surface area contributed by atoms with Gasteiger partial charge < -0.3 is 16.2 Å². The Hall–Kier alpha value is -3.52. The number of nitrogen functional groups attached to an aromatic ring is 1. The summed E-state index contributed by atoms with van der Waals surface area (Å²) in [6, 6.07) is 13.1. The van der Waals surface area contributed by atoms with Crippen molar-refractivity contribution in [1.82, 2.24) is 15.0 Å². The first-order chi connectivity index (χ1) is 13.1. The average molecular weight is 377 g/mol. The van der Waals surface area contributed by atoms with Crippen molar-refractivity contribution in [2.75, 3.05) is 11.1 Å². The van der Waals surface area contributed by atoms with Crippen LogP contribution < -0.4 is 11.1 Å². The smallest absolute Gasteiger partial charge is 0.339 e. The quantitative estimate of drug-likeness (QED) is 0.486. The second kappa shape index (κ2) is 7.00. The number of pyridine rings is 1. The van der Waals surface area contributed by atoms with Crippen LogP contribution in [0.5, 0.6) is 0 Å².